The molecular weight excluding hydrogens is 422 g/mol. The summed E-state index contributed by atoms with van der Waals surface area (Å²) < 4.78 is 34.5. The van der Waals surface area contributed by atoms with E-state index in [0.29, 0.717) is 51.9 Å². The van der Waals surface area contributed by atoms with Crippen LogP contribution in [0.15, 0.2) is 11.2 Å². The van der Waals surface area contributed by atoms with Crippen LogP contribution in [0.1, 0.15) is 39.5 Å². The maximum absolute atomic E-state index is 14.9. The summed E-state index contributed by atoms with van der Waals surface area (Å²) in [6, 6.07) is 1.17. The Labute approximate surface area is 184 Å². The van der Waals surface area contributed by atoms with Crippen molar-refractivity contribution in [1.82, 2.24) is 15.1 Å². The van der Waals surface area contributed by atoms with E-state index in [4.69, 9.17) is 15.3 Å². The van der Waals surface area contributed by atoms with Gasteiger partial charge in [0.05, 0.1) is 22.9 Å². The van der Waals surface area contributed by atoms with E-state index in [9.17, 15) is 13.6 Å². The molecule has 2 aliphatic rings. The highest BCUT2D eigenvalue weighted by molar-refractivity contribution is 5.92. The number of hydrogen-bond donors (Lipinski definition) is 2. The van der Waals surface area contributed by atoms with E-state index in [-0.39, 0.29) is 40.7 Å². The molecule has 0 atom stereocenters. The number of aromatic nitrogens is 2. The highest BCUT2D eigenvalue weighted by atomic mass is 19.1. The van der Waals surface area contributed by atoms with E-state index in [0.717, 1.165) is 5.71 Å². The fourth-order valence-electron chi connectivity index (χ4n) is 4.04. The van der Waals surface area contributed by atoms with Gasteiger partial charge in [-0.25, -0.2) is 13.6 Å². The number of nitrogens with one attached hydrogen (secondary N) is 1. The van der Waals surface area contributed by atoms with Gasteiger partial charge in [0, 0.05) is 57.9 Å². The molecule has 9 nitrogen and oxygen atoms in total. The summed E-state index contributed by atoms with van der Waals surface area (Å²) >= 11 is 0. The predicted octanol–water partition coefficient (Wildman–Crippen LogP) is 3.41. The Hall–Kier alpha value is -3.11. The van der Waals surface area contributed by atoms with Crippen molar-refractivity contribution in [3.05, 3.63) is 17.7 Å². The van der Waals surface area contributed by atoms with Crippen molar-refractivity contribution < 1.29 is 23.1 Å². The summed E-state index contributed by atoms with van der Waals surface area (Å²) in [7, 11) is 0. The largest absolute Gasteiger partial charge is 0.447 e. The molecule has 0 saturated carbocycles. The first kappa shape index (κ1) is 22.1. The molecule has 1 aromatic heterocycles. The number of anilines is 2. The number of nitrogen functional groups attached to an aromatic ring is 1. The van der Waals surface area contributed by atoms with Gasteiger partial charge in [0.25, 0.3) is 0 Å². The summed E-state index contributed by atoms with van der Waals surface area (Å²) in [5.41, 5.74) is 6.65. The zero-order valence-corrected chi connectivity index (χ0v) is 18.2. The Bertz CT molecular complexity index is 1010. The third kappa shape index (κ3) is 4.56. The molecule has 3 heterocycles. The van der Waals surface area contributed by atoms with Crippen LogP contribution in [0.2, 0.25) is 0 Å². The van der Waals surface area contributed by atoms with Crippen LogP contribution < -0.4 is 10.6 Å². The summed E-state index contributed by atoms with van der Waals surface area (Å²) in [6.07, 6.45) is 2.06. The molecule has 1 aromatic carbocycles. The van der Waals surface area contributed by atoms with Crippen LogP contribution in [0.4, 0.5) is 25.1 Å². The van der Waals surface area contributed by atoms with Gasteiger partial charge in [0.1, 0.15) is 17.4 Å². The molecule has 2 saturated heterocycles. The fraction of sp³-hybridized carbons (Fsp3) is 0.571. The Morgan fingerprint density at radius 2 is 1.94 bits per heavy atom. The summed E-state index contributed by atoms with van der Waals surface area (Å²) in [5, 5.41) is 10.4. The molecule has 4 rings (SSSR count). The minimum atomic E-state index is -0.603. The number of aromatic amines is 1. The molecule has 0 bridgehead atoms. The van der Waals surface area contributed by atoms with E-state index >= 15 is 0 Å². The average molecular weight is 450 g/mol. The number of piperidine rings is 2. The second kappa shape index (κ2) is 9.17. The average Bonchev–Trinajstić information content (AvgIpc) is 3.17. The molecule has 32 heavy (non-hydrogen) atoms. The second-order valence-electron chi connectivity index (χ2n) is 8.42. The number of carbonyl (C=O) groups is 1. The molecule has 2 aromatic rings. The molecular formula is C21H28F2N6O3. The maximum atomic E-state index is 14.9. The number of likely N-dealkylation sites (tertiary alicyclic amines) is 1. The Kier molecular flexibility index (Phi) is 6.33. The zero-order valence-electron chi connectivity index (χ0n) is 18.2. The van der Waals surface area contributed by atoms with Crippen LogP contribution in [0, 0.1) is 11.6 Å². The van der Waals surface area contributed by atoms with Gasteiger partial charge in [0.2, 0.25) is 0 Å². The number of amides is 1. The lowest BCUT2D eigenvalue weighted by Gasteiger charge is -2.32. The highest BCUT2D eigenvalue weighted by Gasteiger charge is 2.27. The first-order valence-electron chi connectivity index (χ1n) is 10.9. The number of benzene rings is 1. The Morgan fingerprint density at radius 3 is 2.59 bits per heavy atom. The minimum Gasteiger partial charge on any atom is -0.447 e. The van der Waals surface area contributed by atoms with Crippen LogP contribution in [-0.2, 0) is 9.57 Å². The van der Waals surface area contributed by atoms with Crippen LogP contribution in [-0.4, -0.2) is 65.3 Å². The number of oxime groups is 1. The number of fused-ring (bicyclic) bond motifs is 1. The van der Waals surface area contributed by atoms with Crippen LogP contribution in [0.25, 0.3) is 10.9 Å². The van der Waals surface area contributed by atoms with Crippen molar-refractivity contribution in [1.29, 1.82) is 0 Å². The number of carbonyl (C=O) groups excluding carboxylic acids is 1. The lowest BCUT2D eigenvalue weighted by Crippen LogP contribution is -2.41. The quantitative estimate of drug-likeness (QED) is 0.691. The molecule has 11 heteroatoms. The normalized spacial score (nSPS) is 17.8. The van der Waals surface area contributed by atoms with E-state index < -0.39 is 11.6 Å². The van der Waals surface area contributed by atoms with Crippen LogP contribution >= 0.6 is 0 Å². The number of rotatable bonds is 4. The molecule has 0 aliphatic carbocycles. The Morgan fingerprint density at radius 1 is 1.25 bits per heavy atom. The lowest BCUT2D eigenvalue weighted by molar-refractivity contribution is 0.00415. The molecule has 3 N–H and O–H groups in total. The number of hydrogen-bond acceptors (Lipinski definition) is 7. The van der Waals surface area contributed by atoms with Crippen molar-refractivity contribution in [2.75, 3.05) is 36.8 Å². The second-order valence-corrected chi connectivity index (χ2v) is 8.42. The smallest absolute Gasteiger partial charge is 0.410 e. The van der Waals surface area contributed by atoms with Gasteiger partial charge in [-0.2, -0.15) is 5.10 Å². The predicted molar refractivity (Wildman–Crippen MR) is 117 cm³/mol. The Balaban J connectivity index is 1.30. The van der Waals surface area contributed by atoms with Gasteiger partial charge in [-0.3, -0.25) is 5.10 Å². The third-order valence-corrected chi connectivity index (χ3v) is 5.79. The van der Waals surface area contributed by atoms with Crippen molar-refractivity contribution in [2.24, 2.45) is 5.16 Å². The standard InChI is InChI=1S/C21H28F2N6O3/c1-12(2)31-21(30)29-9-5-14(6-10-29)32-27-13-3-7-28(8-4-13)16-11-15(22)17-19(18(16)23)25-26-20(17)24/h11-12,14H,3-10H2,1-2H3,(H3,24,25,26). The van der Waals surface area contributed by atoms with Gasteiger partial charge in [-0.15, -0.1) is 0 Å². The highest BCUT2D eigenvalue weighted by Crippen LogP contribution is 2.32. The van der Waals surface area contributed by atoms with Gasteiger partial charge in [-0.1, -0.05) is 5.16 Å². The summed E-state index contributed by atoms with van der Waals surface area (Å²) in [4.78, 5) is 21.1. The molecule has 2 fully saturated rings. The number of nitrogens with zero attached hydrogens (tertiary/aromatic N) is 4. The van der Waals surface area contributed by atoms with E-state index in [1.54, 1.807) is 9.80 Å². The molecule has 1 amide bonds. The molecule has 0 spiro atoms. The van der Waals surface area contributed by atoms with E-state index in [1.807, 2.05) is 13.8 Å². The SMILES string of the molecule is CC(C)OC(=O)N1CCC(ON=C2CCN(c3cc(F)c4c(N)n[nH]c4c3F)CC2)CC1. The third-order valence-electron chi connectivity index (χ3n) is 5.79. The number of halogens is 2. The molecule has 0 unspecified atom stereocenters. The van der Waals surface area contributed by atoms with Gasteiger partial charge >= 0.3 is 6.09 Å². The lowest BCUT2D eigenvalue weighted by atomic mass is 10.1. The van der Waals surface area contributed by atoms with Crippen molar-refractivity contribution >= 4 is 34.2 Å². The van der Waals surface area contributed by atoms with E-state index in [2.05, 4.69) is 15.4 Å². The first-order valence-corrected chi connectivity index (χ1v) is 10.9. The summed E-state index contributed by atoms with van der Waals surface area (Å²) in [6.45, 7) is 5.78. The van der Waals surface area contributed by atoms with Crippen molar-refractivity contribution in [2.45, 2.75) is 51.7 Å². The molecule has 2 aliphatic heterocycles. The topological polar surface area (TPSA) is 109 Å². The molecule has 0 radical (unpaired) electrons. The maximum Gasteiger partial charge on any atom is 0.410 e. The van der Waals surface area contributed by atoms with Gasteiger partial charge in [0.15, 0.2) is 11.6 Å². The van der Waals surface area contributed by atoms with Crippen molar-refractivity contribution in [3.63, 3.8) is 0 Å². The first-order chi connectivity index (χ1) is 15.3. The van der Waals surface area contributed by atoms with Crippen LogP contribution in [0.3, 0.4) is 0 Å². The monoisotopic (exact) mass is 450 g/mol. The number of ether oxygens (including phenoxy) is 1. The fourth-order valence-corrected chi connectivity index (χ4v) is 4.04. The van der Waals surface area contributed by atoms with Crippen molar-refractivity contribution in [3.8, 4) is 0 Å². The zero-order chi connectivity index (χ0) is 22.8. The molecule has 174 valence electrons. The minimum absolute atomic E-state index is 0.0242. The van der Waals surface area contributed by atoms with Crippen LogP contribution in [0.5, 0.6) is 0 Å². The summed E-state index contributed by atoms with van der Waals surface area (Å²) in [5.74, 6) is -1.23. The van der Waals surface area contributed by atoms with Gasteiger partial charge < -0.3 is 25.1 Å². The number of H-pyrrole nitrogens is 1. The number of nitrogens with two attached hydrogens (primary N) is 1. The van der Waals surface area contributed by atoms with E-state index in [1.165, 1.54) is 6.07 Å². The van der Waals surface area contributed by atoms with Gasteiger partial charge in [-0.05, 0) is 13.8 Å².